The highest BCUT2D eigenvalue weighted by molar-refractivity contribution is 5.74. The third kappa shape index (κ3) is 7.93. The summed E-state index contributed by atoms with van der Waals surface area (Å²) in [5.41, 5.74) is 0. The Balaban J connectivity index is 2.14. The molecule has 0 spiro atoms. The van der Waals surface area contributed by atoms with Crippen LogP contribution in [0, 0.1) is 5.92 Å². The van der Waals surface area contributed by atoms with Crippen LogP contribution in [0.1, 0.15) is 71.6 Å². The first-order valence-corrected chi connectivity index (χ1v) is 8.30. The summed E-state index contributed by atoms with van der Waals surface area (Å²) in [7, 11) is 0. The van der Waals surface area contributed by atoms with Gasteiger partial charge in [-0.3, -0.25) is 4.79 Å². The number of carboxylic acids is 1. The molecule has 1 unspecified atom stereocenters. The molecule has 5 heteroatoms. The van der Waals surface area contributed by atoms with Crippen molar-refractivity contribution in [3.05, 3.63) is 0 Å². The molecule has 0 heterocycles. The lowest BCUT2D eigenvalue weighted by molar-refractivity contribution is -0.137. The zero-order valence-corrected chi connectivity index (χ0v) is 13.4. The van der Waals surface area contributed by atoms with E-state index in [1.807, 2.05) is 6.92 Å². The average Bonchev–Trinajstić information content (AvgIpc) is 2.40. The lowest BCUT2D eigenvalue weighted by Crippen LogP contribution is -2.46. The summed E-state index contributed by atoms with van der Waals surface area (Å²) in [6.45, 7) is 4.14. The van der Waals surface area contributed by atoms with Gasteiger partial charge >= 0.3 is 12.0 Å². The van der Waals surface area contributed by atoms with Crippen LogP contribution < -0.4 is 10.6 Å². The molecule has 0 aliphatic heterocycles. The fourth-order valence-corrected chi connectivity index (χ4v) is 3.09. The second kappa shape index (κ2) is 9.64. The zero-order chi connectivity index (χ0) is 15.7. The molecule has 0 aromatic heterocycles. The fourth-order valence-electron chi connectivity index (χ4n) is 3.09. The Morgan fingerprint density at radius 2 is 1.90 bits per heavy atom. The number of hydrogen-bond donors (Lipinski definition) is 3. The largest absolute Gasteiger partial charge is 0.481 e. The summed E-state index contributed by atoms with van der Waals surface area (Å²) in [5, 5.41) is 14.5. The quantitative estimate of drug-likeness (QED) is 0.643. The first kappa shape index (κ1) is 17.8. The average molecular weight is 298 g/mol. The standard InChI is InChI=1S/C16H30N2O3/c1-3-5-13-8-10-14(11-9-13)18-16(21)17-12(2)6-4-7-15(19)20/h12-14H,3-11H2,1-2H3,(H,19,20)(H2,17,18,21). The van der Waals surface area contributed by atoms with E-state index in [1.54, 1.807) is 0 Å². The number of rotatable bonds is 8. The van der Waals surface area contributed by atoms with Gasteiger partial charge in [0.1, 0.15) is 0 Å². The van der Waals surface area contributed by atoms with Gasteiger partial charge in [0.15, 0.2) is 0 Å². The summed E-state index contributed by atoms with van der Waals surface area (Å²) >= 11 is 0. The Hall–Kier alpha value is -1.26. The molecule has 0 bridgehead atoms. The summed E-state index contributed by atoms with van der Waals surface area (Å²) in [6.07, 6.45) is 8.59. The van der Waals surface area contributed by atoms with Gasteiger partial charge < -0.3 is 15.7 Å². The van der Waals surface area contributed by atoms with E-state index in [2.05, 4.69) is 17.6 Å². The minimum atomic E-state index is -0.782. The highest BCUT2D eigenvalue weighted by Gasteiger charge is 2.22. The second-order valence-electron chi connectivity index (χ2n) is 6.31. The van der Waals surface area contributed by atoms with Crippen LogP contribution in [0.4, 0.5) is 4.79 Å². The molecule has 1 aliphatic carbocycles. The molecular weight excluding hydrogens is 268 g/mol. The molecule has 1 saturated carbocycles. The summed E-state index contributed by atoms with van der Waals surface area (Å²) < 4.78 is 0. The van der Waals surface area contributed by atoms with E-state index in [9.17, 15) is 9.59 Å². The van der Waals surface area contributed by atoms with Crippen LogP contribution in [-0.2, 0) is 4.79 Å². The Kier molecular flexibility index (Phi) is 8.16. The van der Waals surface area contributed by atoms with Crippen molar-refractivity contribution in [1.29, 1.82) is 0 Å². The molecule has 1 aliphatic rings. The van der Waals surface area contributed by atoms with Crippen LogP contribution in [0.15, 0.2) is 0 Å². The van der Waals surface area contributed by atoms with Crippen molar-refractivity contribution in [1.82, 2.24) is 10.6 Å². The van der Waals surface area contributed by atoms with Crippen LogP contribution in [0.5, 0.6) is 0 Å². The van der Waals surface area contributed by atoms with Gasteiger partial charge in [-0.15, -0.1) is 0 Å². The van der Waals surface area contributed by atoms with E-state index < -0.39 is 5.97 Å². The number of nitrogens with one attached hydrogen (secondary N) is 2. The molecule has 2 amide bonds. The van der Waals surface area contributed by atoms with E-state index in [-0.39, 0.29) is 18.5 Å². The third-order valence-corrected chi connectivity index (χ3v) is 4.28. The van der Waals surface area contributed by atoms with Crippen molar-refractivity contribution in [3.8, 4) is 0 Å². The highest BCUT2D eigenvalue weighted by Crippen LogP contribution is 2.27. The molecule has 122 valence electrons. The molecule has 0 aromatic rings. The van der Waals surface area contributed by atoms with Crippen LogP contribution in [0.3, 0.4) is 0 Å². The molecule has 1 fully saturated rings. The lowest BCUT2D eigenvalue weighted by Gasteiger charge is -2.29. The molecule has 3 N–H and O–H groups in total. The highest BCUT2D eigenvalue weighted by atomic mass is 16.4. The normalized spacial score (nSPS) is 23.3. The van der Waals surface area contributed by atoms with Crippen molar-refractivity contribution in [2.45, 2.75) is 83.7 Å². The van der Waals surface area contributed by atoms with Gasteiger partial charge in [0.05, 0.1) is 0 Å². The van der Waals surface area contributed by atoms with Crippen molar-refractivity contribution in [3.63, 3.8) is 0 Å². The molecule has 1 atom stereocenters. The Bertz CT molecular complexity index is 325. The SMILES string of the molecule is CCCC1CCC(NC(=O)NC(C)CCCC(=O)O)CC1. The number of amides is 2. The van der Waals surface area contributed by atoms with E-state index in [0.29, 0.717) is 18.9 Å². The van der Waals surface area contributed by atoms with Crippen molar-refractivity contribution in [2.24, 2.45) is 5.92 Å². The molecule has 0 radical (unpaired) electrons. The molecule has 0 aromatic carbocycles. The minimum absolute atomic E-state index is 0.0146. The molecular formula is C16H30N2O3. The van der Waals surface area contributed by atoms with E-state index in [1.165, 1.54) is 25.7 Å². The number of urea groups is 1. The summed E-state index contributed by atoms with van der Waals surface area (Å²) in [5.74, 6) is 0.0570. The number of carbonyl (C=O) groups is 2. The first-order valence-electron chi connectivity index (χ1n) is 8.30. The fraction of sp³-hybridized carbons (Fsp3) is 0.875. The second-order valence-corrected chi connectivity index (χ2v) is 6.31. The van der Waals surface area contributed by atoms with Gasteiger partial charge in [-0.2, -0.15) is 0 Å². The van der Waals surface area contributed by atoms with Gasteiger partial charge in [-0.1, -0.05) is 19.8 Å². The monoisotopic (exact) mass is 298 g/mol. The smallest absolute Gasteiger partial charge is 0.315 e. The number of carbonyl (C=O) groups excluding carboxylic acids is 1. The Labute approximate surface area is 127 Å². The minimum Gasteiger partial charge on any atom is -0.481 e. The zero-order valence-electron chi connectivity index (χ0n) is 13.4. The van der Waals surface area contributed by atoms with Gasteiger partial charge in [0.25, 0.3) is 0 Å². The Morgan fingerprint density at radius 3 is 2.48 bits per heavy atom. The van der Waals surface area contributed by atoms with Crippen LogP contribution in [-0.4, -0.2) is 29.2 Å². The van der Waals surface area contributed by atoms with Crippen LogP contribution in [0.2, 0.25) is 0 Å². The molecule has 21 heavy (non-hydrogen) atoms. The number of hydrogen-bond acceptors (Lipinski definition) is 2. The van der Waals surface area contributed by atoms with Crippen LogP contribution >= 0.6 is 0 Å². The summed E-state index contributed by atoms with van der Waals surface area (Å²) in [6, 6.07) is 0.196. The first-order chi connectivity index (χ1) is 10.0. The maximum atomic E-state index is 11.9. The van der Waals surface area contributed by atoms with Gasteiger partial charge in [0, 0.05) is 18.5 Å². The van der Waals surface area contributed by atoms with Crippen LogP contribution in [0.25, 0.3) is 0 Å². The van der Waals surface area contributed by atoms with Crippen molar-refractivity contribution in [2.75, 3.05) is 0 Å². The lowest BCUT2D eigenvalue weighted by atomic mass is 9.83. The third-order valence-electron chi connectivity index (χ3n) is 4.28. The number of carboxylic acid groups (broad SMARTS) is 1. The van der Waals surface area contributed by atoms with E-state index >= 15 is 0 Å². The van der Waals surface area contributed by atoms with Gasteiger partial charge in [-0.05, 0) is 51.4 Å². The molecule has 0 saturated heterocycles. The van der Waals surface area contributed by atoms with Crippen molar-refractivity contribution >= 4 is 12.0 Å². The van der Waals surface area contributed by atoms with E-state index in [4.69, 9.17) is 5.11 Å². The predicted molar refractivity (Wildman–Crippen MR) is 83.3 cm³/mol. The van der Waals surface area contributed by atoms with Gasteiger partial charge in [-0.25, -0.2) is 4.79 Å². The van der Waals surface area contributed by atoms with E-state index in [0.717, 1.165) is 18.8 Å². The maximum Gasteiger partial charge on any atom is 0.315 e. The van der Waals surface area contributed by atoms with Gasteiger partial charge in [0.2, 0.25) is 0 Å². The summed E-state index contributed by atoms with van der Waals surface area (Å²) in [4.78, 5) is 22.3. The molecule has 5 nitrogen and oxygen atoms in total. The maximum absolute atomic E-state index is 11.9. The Morgan fingerprint density at radius 1 is 1.24 bits per heavy atom. The topological polar surface area (TPSA) is 78.4 Å². The molecule has 1 rings (SSSR count). The predicted octanol–water partition coefficient (Wildman–Crippen LogP) is 3.29. The van der Waals surface area contributed by atoms with Crippen molar-refractivity contribution < 1.29 is 14.7 Å². The number of aliphatic carboxylic acids is 1.